The Labute approximate surface area is 188 Å². The van der Waals surface area contributed by atoms with Gasteiger partial charge in [0.1, 0.15) is 5.03 Å². The molecule has 0 bridgehead atoms. The maximum Gasteiger partial charge on any atom is 0.234 e. The van der Waals surface area contributed by atoms with Gasteiger partial charge in [-0.15, -0.1) is 10.2 Å². The topological polar surface area (TPSA) is 87.2 Å². The van der Waals surface area contributed by atoms with E-state index in [1.54, 1.807) is 0 Å². The van der Waals surface area contributed by atoms with Crippen molar-refractivity contribution < 1.29 is 9.59 Å². The van der Waals surface area contributed by atoms with Gasteiger partial charge in [0.15, 0.2) is 5.82 Å². The minimum absolute atomic E-state index is 0.00916. The molecule has 3 rings (SSSR count). The number of anilines is 2. The van der Waals surface area contributed by atoms with Crippen LogP contribution in [0, 0.1) is 19.8 Å². The minimum Gasteiger partial charge on any atom is -0.356 e. The Morgan fingerprint density at radius 3 is 2.61 bits per heavy atom. The molecule has 0 saturated carbocycles. The van der Waals surface area contributed by atoms with E-state index >= 15 is 0 Å². The molecule has 1 atom stereocenters. The van der Waals surface area contributed by atoms with Gasteiger partial charge in [-0.05, 0) is 68.5 Å². The number of nitrogens with zero attached hydrogens (tertiary/aromatic N) is 3. The third-order valence-corrected chi connectivity index (χ3v) is 6.07. The third-order valence-electron chi connectivity index (χ3n) is 5.15. The van der Waals surface area contributed by atoms with Crippen LogP contribution in [0.4, 0.5) is 11.5 Å². The second kappa shape index (κ2) is 11.1. The molecule has 0 spiro atoms. The predicted molar refractivity (Wildman–Crippen MR) is 126 cm³/mol. The third kappa shape index (κ3) is 6.95. The Morgan fingerprint density at radius 1 is 1.16 bits per heavy atom. The molecule has 2 N–H and O–H groups in total. The number of hydrogen-bond acceptors (Lipinski definition) is 6. The molecule has 1 saturated heterocycles. The lowest BCUT2D eigenvalue weighted by atomic mass is 9.97. The van der Waals surface area contributed by atoms with E-state index in [1.807, 2.05) is 38.1 Å². The average Bonchev–Trinajstić information content (AvgIpc) is 2.76. The second-order valence-electron chi connectivity index (χ2n) is 8.02. The molecule has 2 amide bonds. The van der Waals surface area contributed by atoms with Gasteiger partial charge in [0, 0.05) is 25.3 Å². The van der Waals surface area contributed by atoms with E-state index in [2.05, 4.69) is 38.7 Å². The van der Waals surface area contributed by atoms with E-state index in [9.17, 15) is 9.59 Å². The number of amides is 2. The van der Waals surface area contributed by atoms with Crippen LogP contribution in [0.15, 0.2) is 35.4 Å². The van der Waals surface area contributed by atoms with Crippen molar-refractivity contribution in [2.45, 2.75) is 45.1 Å². The Bertz CT molecular complexity index is 883. The number of carbonyl (C=O) groups excluding carboxylic acids is 2. The fourth-order valence-corrected chi connectivity index (χ4v) is 4.35. The fourth-order valence-electron chi connectivity index (χ4n) is 3.73. The van der Waals surface area contributed by atoms with Gasteiger partial charge >= 0.3 is 0 Å². The summed E-state index contributed by atoms with van der Waals surface area (Å²) in [5, 5.41) is 15.2. The summed E-state index contributed by atoms with van der Waals surface area (Å²) in [4.78, 5) is 26.7. The van der Waals surface area contributed by atoms with Crippen LogP contribution in [0.1, 0.15) is 37.3 Å². The van der Waals surface area contributed by atoms with E-state index < -0.39 is 0 Å². The van der Waals surface area contributed by atoms with Crippen LogP contribution in [-0.4, -0.2) is 47.4 Å². The number of aromatic nitrogens is 2. The zero-order valence-corrected chi connectivity index (χ0v) is 19.3. The molecule has 31 heavy (non-hydrogen) atoms. The average molecular weight is 442 g/mol. The summed E-state index contributed by atoms with van der Waals surface area (Å²) in [7, 11) is 0. The molecule has 0 aliphatic carbocycles. The van der Waals surface area contributed by atoms with Gasteiger partial charge < -0.3 is 15.5 Å². The number of hydrogen-bond donors (Lipinski definition) is 2. The number of rotatable bonds is 8. The molecule has 8 heteroatoms. The Balaban J connectivity index is 1.50. The van der Waals surface area contributed by atoms with E-state index in [0.29, 0.717) is 11.6 Å². The highest BCUT2D eigenvalue weighted by molar-refractivity contribution is 7.99. The van der Waals surface area contributed by atoms with Crippen LogP contribution in [0.2, 0.25) is 0 Å². The lowest BCUT2D eigenvalue weighted by molar-refractivity contribution is -0.125. The molecule has 0 radical (unpaired) electrons. The molecule has 1 aliphatic heterocycles. The monoisotopic (exact) mass is 441 g/mol. The van der Waals surface area contributed by atoms with E-state index in [4.69, 9.17) is 0 Å². The number of thioether (sulfide) groups is 1. The van der Waals surface area contributed by atoms with Crippen molar-refractivity contribution in [1.82, 2.24) is 15.5 Å². The molecule has 0 unspecified atom stereocenters. The molecule has 1 fully saturated rings. The summed E-state index contributed by atoms with van der Waals surface area (Å²) in [6.45, 7) is 8.33. The summed E-state index contributed by atoms with van der Waals surface area (Å²) in [5.74, 6) is 1.09. The summed E-state index contributed by atoms with van der Waals surface area (Å²) in [6.07, 6.45) is 2.80. The molecule has 1 aromatic carbocycles. The normalized spacial score (nSPS) is 16.1. The van der Waals surface area contributed by atoms with Crippen LogP contribution >= 0.6 is 11.8 Å². The van der Waals surface area contributed by atoms with Gasteiger partial charge in [0.05, 0.1) is 11.7 Å². The van der Waals surface area contributed by atoms with Crippen molar-refractivity contribution in [3.63, 3.8) is 0 Å². The SMILES string of the molecule is CCCNC(=O)[C@@H]1CCCN(c2ccc(SCC(=O)Nc3cc(C)cc(C)c3)nn2)C1. The molecule has 2 aromatic rings. The first-order valence-corrected chi connectivity index (χ1v) is 11.8. The molecular weight excluding hydrogens is 410 g/mol. The zero-order valence-electron chi connectivity index (χ0n) is 18.5. The number of piperidine rings is 1. The number of aryl methyl sites for hydroxylation is 2. The second-order valence-corrected chi connectivity index (χ2v) is 9.01. The Kier molecular flexibility index (Phi) is 8.28. The smallest absolute Gasteiger partial charge is 0.234 e. The van der Waals surface area contributed by atoms with Crippen molar-refractivity contribution in [2.75, 3.05) is 35.6 Å². The Hall–Kier alpha value is -2.61. The lowest BCUT2D eigenvalue weighted by Crippen LogP contribution is -2.43. The predicted octanol–water partition coefficient (Wildman–Crippen LogP) is 3.57. The van der Waals surface area contributed by atoms with Crippen molar-refractivity contribution in [3.8, 4) is 0 Å². The molecule has 2 heterocycles. The maximum absolute atomic E-state index is 12.3. The summed E-state index contributed by atoms with van der Waals surface area (Å²) in [5.41, 5.74) is 3.05. The van der Waals surface area contributed by atoms with Crippen molar-refractivity contribution in [2.24, 2.45) is 5.92 Å². The molecule has 166 valence electrons. The highest BCUT2D eigenvalue weighted by atomic mass is 32.2. The van der Waals surface area contributed by atoms with Gasteiger partial charge in [-0.1, -0.05) is 24.8 Å². The summed E-state index contributed by atoms with van der Waals surface area (Å²) >= 11 is 1.36. The van der Waals surface area contributed by atoms with Gasteiger partial charge in [0.2, 0.25) is 11.8 Å². The van der Waals surface area contributed by atoms with Crippen molar-refractivity contribution >= 4 is 35.1 Å². The van der Waals surface area contributed by atoms with Crippen LogP contribution in [-0.2, 0) is 9.59 Å². The summed E-state index contributed by atoms with van der Waals surface area (Å²) < 4.78 is 0. The minimum atomic E-state index is -0.0714. The van der Waals surface area contributed by atoms with Crippen molar-refractivity contribution in [1.29, 1.82) is 0 Å². The molecule has 1 aliphatic rings. The van der Waals surface area contributed by atoms with E-state index in [1.165, 1.54) is 11.8 Å². The lowest BCUT2D eigenvalue weighted by Gasteiger charge is -2.32. The first kappa shape index (κ1) is 23.1. The number of nitrogens with one attached hydrogen (secondary N) is 2. The quantitative estimate of drug-likeness (QED) is 0.609. The molecular formula is C23H31N5O2S. The molecule has 7 nitrogen and oxygen atoms in total. The number of carbonyl (C=O) groups is 2. The summed E-state index contributed by atoms with van der Waals surface area (Å²) in [6, 6.07) is 9.79. The highest BCUT2D eigenvalue weighted by Crippen LogP contribution is 2.23. The van der Waals surface area contributed by atoms with E-state index in [0.717, 1.165) is 55.0 Å². The van der Waals surface area contributed by atoms with Crippen LogP contribution < -0.4 is 15.5 Å². The zero-order chi connectivity index (χ0) is 22.2. The standard InChI is InChI=1S/C23H31N5O2S/c1-4-9-24-23(30)18-6-5-10-28(14-18)20-7-8-22(27-26-20)31-15-21(29)25-19-12-16(2)11-17(3)13-19/h7-8,11-13,18H,4-6,9-10,14-15H2,1-3H3,(H,24,30)(H,25,29)/t18-/m1/s1. The first-order valence-electron chi connectivity index (χ1n) is 10.8. The van der Waals surface area contributed by atoms with Gasteiger partial charge in [0.25, 0.3) is 0 Å². The fraction of sp³-hybridized carbons (Fsp3) is 0.478. The largest absolute Gasteiger partial charge is 0.356 e. The Morgan fingerprint density at radius 2 is 1.94 bits per heavy atom. The first-order chi connectivity index (χ1) is 14.9. The van der Waals surface area contributed by atoms with Gasteiger partial charge in [-0.3, -0.25) is 9.59 Å². The van der Waals surface area contributed by atoms with Crippen LogP contribution in [0.3, 0.4) is 0 Å². The number of benzene rings is 1. The van der Waals surface area contributed by atoms with Crippen LogP contribution in [0.5, 0.6) is 0 Å². The van der Waals surface area contributed by atoms with Crippen LogP contribution in [0.25, 0.3) is 0 Å². The maximum atomic E-state index is 12.3. The van der Waals surface area contributed by atoms with E-state index in [-0.39, 0.29) is 23.5 Å². The molecule has 1 aromatic heterocycles. The van der Waals surface area contributed by atoms with Crippen molar-refractivity contribution in [3.05, 3.63) is 41.5 Å². The van der Waals surface area contributed by atoms with Gasteiger partial charge in [-0.25, -0.2) is 0 Å². The highest BCUT2D eigenvalue weighted by Gasteiger charge is 2.26. The van der Waals surface area contributed by atoms with Gasteiger partial charge in [-0.2, -0.15) is 0 Å².